The van der Waals surface area contributed by atoms with Crippen molar-refractivity contribution >= 4 is 5.96 Å². The van der Waals surface area contributed by atoms with Gasteiger partial charge in [0.1, 0.15) is 12.2 Å². The van der Waals surface area contributed by atoms with E-state index in [-0.39, 0.29) is 5.41 Å². The van der Waals surface area contributed by atoms with E-state index in [1.54, 1.807) is 6.33 Å². The van der Waals surface area contributed by atoms with Crippen LogP contribution in [-0.4, -0.2) is 40.4 Å². The topological polar surface area (TPSA) is 67.1 Å². The maximum Gasteiger partial charge on any atom is 0.191 e. The third-order valence-electron chi connectivity index (χ3n) is 4.51. The van der Waals surface area contributed by atoms with Crippen LogP contribution in [-0.2, 0) is 18.4 Å². The molecule has 0 aliphatic carbocycles. The first-order valence-electron chi connectivity index (χ1n) is 9.43. The lowest BCUT2D eigenvalue weighted by molar-refractivity contribution is 0.533. The Labute approximate surface area is 157 Å². The van der Waals surface area contributed by atoms with Gasteiger partial charge in [-0.2, -0.15) is 0 Å². The van der Waals surface area contributed by atoms with Crippen molar-refractivity contribution in [2.75, 3.05) is 19.6 Å². The van der Waals surface area contributed by atoms with E-state index in [0.29, 0.717) is 0 Å². The van der Waals surface area contributed by atoms with Crippen LogP contribution >= 0.6 is 0 Å². The third-order valence-corrected chi connectivity index (χ3v) is 4.51. The maximum absolute atomic E-state index is 4.82. The minimum absolute atomic E-state index is 0.0165. The molecule has 0 saturated heterocycles. The number of benzene rings is 1. The van der Waals surface area contributed by atoms with Gasteiger partial charge < -0.3 is 15.2 Å². The number of aliphatic imine (C=N–C) groups is 1. The van der Waals surface area contributed by atoms with Gasteiger partial charge in [-0.15, -0.1) is 10.2 Å². The summed E-state index contributed by atoms with van der Waals surface area (Å²) in [6.07, 6.45) is 2.67. The third kappa shape index (κ3) is 5.31. The summed E-state index contributed by atoms with van der Waals surface area (Å²) >= 11 is 0. The van der Waals surface area contributed by atoms with Crippen LogP contribution in [0.2, 0.25) is 0 Å². The molecule has 0 fully saturated rings. The quantitative estimate of drug-likeness (QED) is 0.564. The molecule has 2 rings (SSSR count). The Morgan fingerprint density at radius 1 is 1.19 bits per heavy atom. The molecule has 1 heterocycles. The molecular formula is C20H32N6. The first kappa shape index (κ1) is 19.9. The Kier molecular flexibility index (Phi) is 7.18. The van der Waals surface area contributed by atoms with Crippen LogP contribution < -0.4 is 10.6 Å². The zero-order chi connectivity index (χ0) is 19.0. The summed E-state index contributed by atoms with van der Waals surface area (Å²) in [5, 5.41) is 14.8. The second kappa shape index (κ2) is 9.36. The number of rotatable bonds is 8. The minimum atomic E-state index is -0.0165. The van der Waals surface area contributed by atoms with E-state index < -0.39 is 0 Å². The molecule has 26 heavy (non-hydrogen) atoms. The summed E-state index contributed by atoms with van der Waals surface area (Å²) in [5.41, 5.74) is 2.64. The van der Waals surface area contributed by atoms with Gasteiger partial charge >= 0.3 is 0 Å². The number of nitrogens with zero attached hydrogens (tertiary/aromatic N) is 4. The molecule has 1 aromatic carbocycles. The van der Waals surface area contributed by atoms with Crippen molar-refractivity contribution in [1.82, 2.24) is 25.4 Å². The highest BCUT2D eigenvalue weighted by molar-refractivity contribution is 5.79. The minimum Gasteiger partial charge on any atom is -0.357 e. The molecule has 2 aromatic rings. The molecule has 1 aromatic heterocycles. The van der Waals surface area contributed by atoms with E-state index >= 15 is 0 Å². The van der Waals surface area contributed by atoms with E-state index in [2.05, 4.69) is 84.3 Å². The number of guanidine groups is 1. The number of aromatic nitrogens is 3. The fourth-order valence-corrected chi connectivity index (χ4v) is 3.07. The zero-order valence-corrected chi connectivity index (χ0v) is 16.7. The molecule has 0 amide bonds. The van der Waals surface area contributed by atoms with Gasteiger partial charge in [-0.3, -0.25) is 4.99 Å². The average molecular weight is 357 g/mol. The molecule has 0 saturated carbocycles. The highest BCUT2D eigenvalue weighted by Gasteiger charge is 2.22. The molecular weight excluding hydrogens is 324 g/mol. The highest BCUT2D eigenvalue weighted by Crippen LogP contribution is 2.26. The first-order chi connectivity index (χ1) is 12.5. The molecule has 0 radical (unpaired) electrons. The Balaban J connectivity index is 1.98. The number of aryl methyl sites for hydroxylation is 2. The van der Waals surface area contributed by atoms with Gasteiger partial charge in [-0.05, 0) is 25.0 Å². The van der Waals surface area contributed by atoms with Crippen molar-refractivity contribution in [2.45, 2.75) is 53.0 Å². The first-order valence-corrected chi connectivity index (χ1v) is 9.43. The average Bonchev–Trinajstić information content (AvgIpc) is 3.07. The van der Waals surface area contributed by atoms with E-state index in [1.807, 2.05) is 0 Å². The lowest BCUT2D eigenvalue weighted by Gasteiger charge is -2.25. The Bertz CT molecular complexity index is 717. The summed E-state index contributed by atoms with van der Waals surface area (Å²) in [7, 11) is 0. The standard InChI is InChI=1S/C20H32N6/c1-6-18-25-24-15-26(18)13-12-22-19(21-7-2)23-14-20(4,5)17-11-9-8-10-16(17)3/h8-11,15H,6-7,12-14H2,1-5H3,(H2,21,22,23). The fraction of sp³-hybridized carbons (Fsp3) is 0.550. The van der Waals surface area contributed by atoms with E-state index in [4.69, 9.17) is 4.99 Å². The molecule has 142 valence electrons. The van der Waals surface area contributed by atoms with Crippen molar-refractivity contribution in [2.24, 2.45) is 4.99 Å². The van der Waals surface area contributed by atoms with Crippen molar-refractivity contribution in [3.05, 3.63) is 47.5 Å². The van der Waals surface area contributed by atoms with Crippen LogP contribution in [0.4, 0.5) is 0 Å². The van der Waals surface area contributed by atoms with Gasteiger partial charge in [0, 0.05) is 31.5 Å². The summed E-state index contributed by atoms with van der Waals surface area (Å²) in [6.45, 7) is 14.0. The van der Waals surface area contributed by atoms with E-state index in [0.717, 1.165) is 44.4 Å². The van der Waals surface area contributed by atoms with Crippen LogP contribution in [0, 0.1) is 6.92 Å². The van der Waals surface area contributed by atoms with Gasteiger partial charge in [-0.25, -0.2) is 0 Å². The molecule has 0 aliphatic heterocycles. The van der Waals surface area contributed by atoms with Gasteiger partial charge in [-0.1, -0.05) is 45.0 Å². The van der Waals surface area contributed by atoms with Crippen molar-refractivity contribution in [3.8, 4) is 0 Å². The normalized spacial score (nSPS) is 12.3. The smallest absolute Gasteiger partial charge is 0.191 e. The summed E-state index contributed by atoms with van der Waals surface area (Å²) in [5.74, 6) is 1.86. The predicted molar refractivity (Wildman–Crippen MR) is 108 cm³/mol. The van der Waals surface area contributed by atoms with Crippen LogP contribution in [0.5, 0.6) is 0 Å². The summed E-state index contributed by atoms with van der Waals surface area (Å²) in [4.78, 5) is 4.82. The van der Waals surface area contributed by atoms with Crippen LogP contribution in [0.1, 0.15) is 44.6 Å². The highest BCUT2D eigenvalue weighted by atomic mass is 15.3. The number of hydrogen-bond donors (Lipinski definition) is 2. The second-order valence-corrected chi connectivity index (χ2v) is 7.11. The molecule has 0 spiro atoms. The SMILES string of the molecule is CCNC(=NCC(C)(C)c1ccccc1C)NCCn1cnnc1CC. The van der Waals surface area contributed by atoms with Gasteiger partial charge in [0.2, 0.25) is 0 Å². The largest absolute Gasteiger partial charge is 0.357 e. The van der Waals surface area contributed by atoms with E-state index in [1.165, 1.54) is 11.1 Å². The Morgan fingerprint density at radius 3 is 2.65 bits per heavy atom. The van der Waals surface area contributed by atoms with Crippen LogP contribution in [0.3, 0.4) is 0 Å². The monoisotopic (exact) mass is 356 g/mol. The lowest BCUT2D eigenvalue weighted by atomic mass is 9.82. The number of hydrogen-bond acceptors (Lipinski definition) is 3. The Hall–Kier alpha value is -2.37. The zero-order valence-electron chi connectivity index (χ0n) is 16.7. The molecule has 0 aliphatic rings. The van der Waals surface area contributed by atoms with Gasteiger partial charge in [0.05, 0.1) is 6.54 Å². The molecule has 0 atom stereocenters. The van der Waals surface area contributed by atoms with Crippen molar-refractivity contribution in [3.63, 3.8) is 0 Å². The molecule has 6 heteroatoms. The van der Waals surface area contributed by atoms with Crippen molar-refractivity contribution < 1.29 is 0 Å². The van der Waals surface area contributed by atoms with Crippen LogP contribution in [0.25, 0.3) is 0 Å². The lowest BCUT2D eigenvalue weighted by Crippen LogP contribution is -2.40. The van der Waals surface area contributed by atoms with Gasteiger partial charge in [0.25, 0.3) is 0 Å². The Morgan fingerprint density at radius 2 is 1.96 bits per heavy atom. The number of nitrogens with one attached hydrogen (secondary N) is 2. The van der Waals surface area contributed by atoms with Gasteiger partial charge in [0.15, 0.2) is 5.96 Å². The summed E-state index contributed by atoms with van der Waals surface area (Å²) < 4.78 is 2.08. The molecule has 2 N–H and O–H groups in total. The van der Waals surface area contributed by atoms with Crippen molar-refractivity contribution in [1.29, 1.82) is 0 Å². The maximum atomic E-state index is 4.82. The van der Waals surface area contributed by atoms with Crippen LogP contribution in [0.15, 0.2) is 35.6 Å². The van der Waals surface area contributed by atoms with E-state index in [9.17, 15) is 0 Å². The second-order valence-electron chi connectivity index (χ2n) is 7.11. The molecule has 0 bridgehead atoms. The fourth-order valence-electron chi connectivity index (χ4n) is 3.07. The molecule has 0 unspecified atom stereocenters. The summed E-state index contributed by atoms with van der Waals surface area (Å²) in [6, 6.07) is 8.54. The predicted octanol–water partition coefficient (Wildman–Crippen LogP) is 2.68. The molecule has 6 nitrogen and oxygen atoms in total.